The molecule has 2 heterocycles. The van der Waals surface area contributed by atoms with E-state index in [4.69, 9.17) is 4.42 Å². The molecule has 0 bridgehead atoms. The van der Waals surface area contributed by atoms with Crippen LogP contribution in [0.5, 0.6) is 0 Å². The van der Waals surface area contributed by atoms with Gasteiger partial charge in [-0.05, 0) is 66.6 Å². The number of amides is 1. The van der Waals surface area contributed by atoms with E-state index in [0.29, 0.717) is 15.8 Å². The van der Waals surface area contributed by atoms with Gasteiger partial charge in [0.05, 0.1) is 10.6 Å². The number of furan rings is 1. The topological polar surface area (TPSA) is 54.6 Å². The molecule has 0 atom stereocenters. The van der Waals surface area contributed by atoms with Crippen LogP contribution in [-0.4, -0.2) is 11.1 Å². The molecule has 0 spiro atoms. The van der Waals surface area contributed by atoms with E-state index >= 15 is 0 Å². The molecule has 4 nitrogen and oxygen atoms in total. The third kappa shape index (κ3) is 5.12. The molecule has 1 aliphatic rings. The SMILES string of the molecule is CCCCc1ccc(N=C2NC(=O)/C(=C\c3ccc(-c4ccc(Br)cc4)o3)S2)cc1. The summed E-state index contributed by atoms with van der Waals surface area (Å²) >= 11 is 4.75. The zero-order valence-corrected chi connectivity index (χ0v) is 18.9. The molecule has 0 saturated carbocycles. The van der Waals surface area contributed by atoms with Crippen LogP contribution in [0.15, 0.2) is 79.5 Å². The van der Waals surface area contributed by atoms with Gasteiger partial charge in [0, 0.05) is 16.1 Å². The van der Waals surface area contributed by atoms with Crippen molar-refractivity contribution in [1.82, 2.24) is 5.32 Å². The number of carbonyl (C=O) groups excluding carboxylic acids is 1. The number of benzene rings is 2. The minimum atomic E-state index is -0.167. The maximum atomic E-state index is 12.3. The first kappa shape index (κ1) is 20.7. The minimum Gasteiger partial charge on any atom is -0.457 e. The number of hydrogen-bond acceptors (Lipinski definition) is 4. The zero-order valence-electron chi connectivity index (χ0n) is 16.5. The molecule has 0 unspecified atom stereocenters. The Morgan fingerprint density at radius 2 is 1.83 bits per heavy atom. The lowest BCUT2D eigenvalue weighted by molar-refractivity contribution is -0.115. The van der Waals surface area contributed by atoms with Crippen LogP contribution in [0, 0.1) is 0 Å². The van der Waals surface area contributed by atoms with Crippen molar-refractivity contribution in [1.29, 1.82) is 0 Å². The summed E-state index contributed by atoms with van der Waals surface area (Å²) in [7, 11) is 0. The number of nitrogens with zero attached hydrogens (tertiary/aromatic N) is 1. The van der Waals surface area contributed by atoms with Gasteiger partial charge in [-0.1, -0.05) is 53.5 Å². The number of amidine groups is 1. The predicted octanol–water partition coefficient (Wildman–Crippen LogP) is 6.94. The number of halogens is 1. The molecular weight excluding hydrogens is 460 g/mol. The van der Waals surface area contributed by atoms with Crippen molar-refractivity contribution in [2.45, 2.75) is 26.2 Å². The van der Waals surface area contributed by atoms with Crippen molar-refractivity contribution in [2.75, 3.05) is 0 Å². The highest BCUT2D eigenvalue weighted by Crippen LogP contribution is 2.30. The maximum Gasteiger partial charge on any atom is 0.264 e. The third-order valence-electron chi connectivity index (χ3n) is 4.67. The van der Waals surface area contributed by atoms with Crippen LogP contribution in [-0.2, 0) is 11.2 Å². The lowest BCUT2D eigenvalue weighted by Gasteiger charge is -2.01. The van der Waals surface area contributed by atoms with Crippen LogP contribution >= 0.6 is 27.7 Å². The summed E-state index contributed by atoms with van der Waals surface area (Å²) in [6.45, 7) is 2.19. The van der Waals surface area contributed by atoms with Gasteiger partial charge in [0.2, 0.25) is 0 Å². The summed E-state index contributed by atoms with van der Waals surface area (Å²) < 4.78 is 6.91. The van der Waals surface area contributed by atoms with Gasteiger partial charge in [-0.2, -0.15) is 0 Å². The number of unbranched alkanes of at least 4 members (excludes halogenated alkanes) is 1. The zero-order chi connectivity index (χ0) is 20.9. The number of aryl methyl sites for hydroxylation is 1. The van der Waals surface area contributed by atoms with Crippen LogP contribution in [0.1, 0.15) is 31.1 Å². The van der Waals surface area contributed by atoms with Crippen molar-refractivity contribution >= 4 is 50.5 Å². The highest BCUT2D eigenvalue weighted by atomic mass is 79.9. The van der Waals surface area contributed by atoms with Gasteiger partial charge >= 0.3 is 0 Å². The lowest BCUT2D eigenvalue weighted by atomic mass is 10.1. The third-order valence-corrected chi connectivity index (χ3v) is 6.10. The molecule has 1 saturated heterocycles. The van der Waals surface area contributed by atoms with Crippen LogP contribution in [0.3, 0.4) is 0 Å². The monoisotopic (exact) mass is 480 g/mol. The first-order valence-electron chi connectivity index (χ1n) is 9.85. The van der Waals surface area contributed by atoms with Crippen LogP contribution in [0.4, 0.5) is 5.69 Å². The number of nitrogens with one attached hydrogen (secondary N) is 1. The number of aliphatic imine (C=N–C) groups is 1. The maximum absolute atomic E-state index is 12.3. The van der Waals surface area contributed by atoms with E-state index in [-0.39, 0.29) is 5.91 Å². The van der Waals surface area contributed by atoms with Gasteiger partial charge in [0.15, 0.2) is 5.17 Å². The first-order valence-corrected chi connectivity index (χ1v) is 11.5. The van der Waals surface area contributed by atoms with Gasteiger partial charge in [-0.3, -0.25) is 4.79 Å². The van der Waals surface area contributed by atoms with E-state index in [1.165, 1.54) is 30.2 Å². The smallest absolute Gasteiger partial charge is 0.264 e. The van der Waals surface area contributed by atoms with E-state index in [1.54, 1.807) is 6.08 Å². The van der Waals surface area contributed by atoms with Gasteiger partial charge < -0.3 is 9.73 Å². The molecule has 1 N–H and O–H groups in total. The summed E-state index contributed by atoms with van der Waals surface area (Å²) in [5.41, 5.74) is 3.12. The second kappa shape index (κ2) is 9.49. The van der Waals surface area contributed by atoms with Crippen molar-refractivity contribution in [3.63, 3.8) is 0 Å². The normalized spacial score (nSPS) is 16.4. The summed E-state index contributed by atoms with van der Waals surface area (Å²) in [6, 6.07) is 19.8. The Kier molecular flexibility index (Phi) is 6.55. The quantitative estimate of drug-likeness (QED) is 0.388. The van der Waals surface area contributed by atoms with Crippen molar-refractivity contribution in [2.24, 2.45) is 4.99 Å². The first-order chi connectivity index (χ1) is 14.6. The molecular formula is C24H21BrN2O2S. The molecule has 2 aromatic carbocycles. The molecule has 1 aliphatic heterocycles. The molecule has 152 valence electrons. The largest absolute Gasteiger partial charge is 0.457 e. The highest BCUT2D eigenvalue weighted by Gasteiger charge is 2.24. The molecule has 1 aromatic heterocycles. The van der Waals surface area contributed by atoms with Crippen molar-refractivity contribution < 1.29 is 9.21 Å². The molecule has 1 fully saturated rings. The predicted molar refractivity (Wildman–Crippen MR) is 128 cm³/mol. The van der Waals surface area contributed by atoms with Crippen molar-refractivity contribution in [3.8, 4) is 11.3 Å². The van der Waals surface area contributed by atoms with E-state index < -0.39 is 0 Å². The Morgan fingerprint density at radius 1 is 1.07 bits per heavy atom. The van der Waals surface area contributed by atoms with E-state index in [0.717, 1.165) is 27.9 Å². The fourth-order valence-electron chi connectivity index (χ4n) is 3.04. The van der Waals surface area contributed by atoms with E-state index in [1.807, 2.05) is 48.5 Å². The van der Waals surface area contributed by atoms with E-state index in [2.05, 4.69) is 45.3 Å². The van der Waals surface area contributed by atoms with Crippen LogP contribution in [0.25, 0.3) is 17.4 Å². The molecule has 4 rings (SSSR count). The second-order valence-electron chi connectivity index (χ2n) is 6.96. The average Bonchev–Trinajstić information content (AvgIpc) is 3.35. The summed E-state index contributed by atoms with van der Waals surface area (Å²) in [5.74, 6) is 1.22. The Bertz CT molecular complexity index is 1100. The van der Waals surface area contributed by atoms with Gasteiger partial charge in [0.1, 0.15) is 11.5 Å². The van der Waals surface area contributed by atoms with Crippen molar-refractivity contribution in [3.05, 3.63) is 81.4 Å². The summed E-state index contributed by atoms with van der Waals surface area (Å²) in [4.78, 5) is 17.5. The molecule has 0 radical (unpaired) electrons. The minimum absolute atomic E-state index is 0.167. The summed E-state index contributed by atoms with van der Waals surface area (Å²) in [6.07, 6.45) is 5.20. The molecule has 1 amide bonds. The summed E-state index contributed by atoms with van der Waals surface area (Å²) in [5, 5.41) is 3.40. The molecule has 6 heteroatoms. The Morgan fingerprint density at radius 3 is 2.57 bits per heavy atom. The number of carbonyl (C=O) groups is 1. The van der Waals surface area contributed by atoms with Crippen LogP contribution in [0.2, 0.25) is 0 Å². The molecule has 3 aromatic rings. The molecule has 30 heavy (non-hydrogen) atoms. The van der Waals surface area contributed by atoms with Crippen LogP contribution < -0.4 is 5.32 Å². The number of hydrogen-bond donors (Lipinski definition) is 1. The standard InChI is InChI=1S/C24H21BrN2O2S/c1-2-3-4-16-5-11-19(12-6-16)26-24-27-23(28)22(30-24)15-20-13-14-21(29-20)17-7-9-18(25)10-8-17/h5-15H,2-4H2,1H3,(H,26,27,28)/b22-15+. The van der Waals surface area contributed by atoms with E-state index in [9.17, 15) is 4.79 Å². The van der Waals surface area contributed by atoms with Gasteiger partial charge in [-0.15, -0.1) is 0 Å². The Balaban J connectivity index is 1.46. The van der Waals surface area contributed by atoms with Gasteiger partial charge in [0.25, 0.3) is 5.91 Å². The number of rotatable bonds is 6. The second-order valence-corrected chi connectivity index (χ2v) is 8.91. The Hall–Kier alpha value is -2.57. The Labute approximate surface area is 188 Å². The fraction of sp³-hybridized carbons (Fsp3) is 0.167. The fourth-order valence-corrected chi connectivity index (χ4v) is 4.13. The average molecular weight is 481 g/mol. The highest BCUT2D eigenvalue weighted by molar-refractivity contribution is 9.10. The lowest BCUT2D eigenvalue weighted by Crippen LogP contribution is -2.19. The van der Waals surface area contributed by atoms with Gasteiger partial charge in [-0.25, -0.2) is 4.99 Å². The molecule has 0 aliphatic carbocycles. The number of thioether (sulfide) groups is 1.